The molecule has 1 saturated heterocycles. The minimum absolute atomic E-state index is 0.0404. The molecule has 3 aromatic heterocycles. The van der Waals surface area contributed by atoms with Gasteiger partial charge in [-0.3, -0.25) is 19.4 Å². The van der Waals surface area contributed by atoms with Gasteiger partial charge in [0.25, 0.3) is 5.56 Å². The molecule has 0 saturated carbocycles. The Hall–Kier alpha value is -3.23. The van der Waals surface area contributed by atoms with Crippen molar-refractivity contribution in [3.63, 3.8) is 0 Å². The van der Waals surface area contributed by atoms with Crippen molar-refractivity contribution in [2.45, 2.75) is 26.8 Å². The van der Waals surface area contributed by atoms with Gasteiger partial charge in [-0.15, -0.1) is 0 Å². The third-order valence-corrected chi connectivity index (χ3v) is 4.50. The van der Waals surface area contributed by atoms with E-state index >= 15 is 0 Å². The fourth-order valence-electron chi connectivity index (χ4n) is 3.19. The van der Waals surface area contributed by atoms with Gasteiger partial charge in [0.1, 0.15) is 17.5 Å². The SMILES string of the molecule is CC(=O)N1CC(n2[nH]c(=O)c3cnc(Nc4cc(C)nc(C)n4)cc32)C1. The quantitative estimate of drug-likeness (QED) is 0.734. The standard InChI is InChI=1S/C17H19N7O2/c1-9-4-16(20-10(2)19-9)21-15-5-14-13(6-18-15)17(26)22-24(14)12-7-23(8-12)11(3)25/h4-6,12H,7-8H2,1-3H3,(H,22,26)(H,18,19,20,21). The first kappa shape index (κ1) is 16.2. The number of hydrogen-bond acceptors (Lipinski definition) is 6. The van der Waals surface area contributed by atoms with Crippen LogP contribution in [0.3, 0.4) is 0 Å². The topological polar surface area (TPSA) is 109 Å². The summed E-state index contributed by atoms with van der Waals surface area (Å²) in [6.45, 7) is 6.45. The first-order chi connectivity index (χ1) is 12.4. The average molecular weight is 353 g/mol. The molecule has 4 heterocycles. The van der Waals surface area contributed by atoms with Crippen LogP contribution < -0.4 is 10.9 Å². The molecule has 0 radical (unpaired) electrons. The van der Waals surface area contributed by atoms with Crippen LogP contribution in [0.5, 0.6) is 0 Å². The number of nitrogens with one attached hydrogen (secondary N) is 2. The molecule has 1 fully saturated rings. The van der Waals surface area contributed by atoms with Crippen molar-refractivity contribution in [1.82, 2.24) is 29.6 Å². The highest BCUT2D eigenvalue weighted by Crippen LogP contribution is 2.25. The molecule has 3 aromatic rings. The normalized spacial score (nSPS) is 14.5. The Morgan fingerprint density at radius 2 is 2.00 bits per heavy atom. The summed E-state index contributed by atoms with van der Waals surface area (Å²) in [6, 6.07) is 3.71. The molecule has 0 aromatic carbocycles. The second-order valence-corrected chi connectivity index (χ2v) is 6.54. The van der Waals surface area contributed by atoms with E-state index in [1.165, 1.54) is 0 Å². The van der Waals surface area contributed by atoms with Crippen molar-refractivity contribution in [3.05, 3.63) is 40.2 Å². The summed E-state index contributed by atoms with van der Waals surface area (Å²) in [7, 11) is 0. The van der Waals surface area contributed by atoms with Gasteiger partial charge in [-0.05, 0) is 13.8 Å². The van der Waals surface area contributed by atoms with E-state index in [0.717, 1.165) is 11.2 Å². The number of pyridine rings is 1. The third-order valence-electron chi connectivity index (χ3n) is 4.50. The van der Waals surface area contributed by atoms with E-state index in [-0.39, 0.29) is 17.5 Å². The van der Waals surface area contributed by atoms with E-state index in [1.807, 2.05) is 30.7 Å². The summed E-state index contributed by atoms with van der Waals surface area (Å²) in [5.41, 5.74) is 1.43. The van der Waals surface area contributed by atoms with Crippen LogP contribution in [0, 0.1) is 13.8 Å². The molecule has 1 amide bonds. The molecule has 1 aliphatic heterocycles. The van der Waals surface area contributed by atoms with Gasteiger partial charge in [-0.2, -0.15) is 0 Å². The summed E-state index contributed by atoms with van der Waals surface area (Å²) in [5.74, 6) is 1.95. The third kappa shape index (κ3) is 2.81. The van der Waals surface area contributed by atoms with Gasteiger partial charge < -0.3 is 10.2 Å². The van der Waals surface area contributed by atoms with Crippen LogP contribution in [0.15, 0.2) is 23.1 Å². The molecular weight excluding hydrogens is 334 g/mol. The lowest BCUT2D eigenvalue weighted by Crippen LogP contribution is -2.50. The Bertz CT molecular complexity index is 1040. The van der Waals surface area contributed by atoms with Crippen LogP contribution >= 0.6 is 0 Å². The molecule has 2 N–H and O–H groups in total. The largest absolute Gasteiger partial charge is 0.339 e. The van der Waals surface area contributed by atoms with E-state index in [9.17, 15) is 9.59 Å². The van der Waals surface area contributed by atoms with Gasteiger partial charge in [0.2, 0.25) is 5.91 Å². The molecule has 9 heteroatoms. The van der Waals surface area contributed by atoms with Crippen molar-refractivity contribution in [2.75, 3.05) is 18.4 Å². The van der Waals surface area contributed by atoms with E-state index in [1.54, 1.807) is 18.0 Å². The molecule has 134 valence electrons. The minimum Gasteiger partial charge on any atom is -0.339 e. The first-order valence-electron chi connectivity index (χ1n) is 8.36. The van der Waals surface area contributed by atoms with Crippen LogP contribution in [-0.2, 0) is 4.79 Å². The maximum atomic E-state index is 12.2. The summed E-state index contributed by atoms with van der Waals surface area (Å²) in [5, 5.41) is 6.53. The highest BCUT2D eigenvalue weighted by molar-refractivity contribution is 5.81. The van der Waals surface area contributed by atoms with Gasteiger partial charge in [-0.1, -0.05) is 0 Å². The molecule has 0 aliphatic carbocycles. The fraction of sp³-hybridized carbons (Fsp3) is 0.353. The van der Waals surface area contributed by atoms with Crippen molar-refractivity contribution in [2.24, 2.45) is 0 Å². The zero-order valence-electron chi connectivity index (χ0n) is 14.8. The second-order valence-electron chi connectivity index (χ2n) is 6.54. The number of anilines is 2. The van der Waals surface area contributed by atoms with Crippen LogP contribution in [0.1, 0.15) is 24.5 Å². The summed E-state index contributed by atoms with van der Waals surface area (Å²) in [4.78, 5) is 38.2. The minimum atomic E-state index is -0.186. The Balaban J connectivity index is 1.67. The smallest absolute Gasteiger partial charge is 0.273 e. The second kappa shape index (κ2) is 5.94. The van der Waals surface area contributed by atoms with Gasteiger partial charge in [0, 0.05) is 44.0 Å². The van der Waals surface area contributed by atoms with Crippen LogP contribution in [0.2, 0.25) is 0 Å². The van der Waals surface area contributed by atoms with Crippen molar-refractivity contribution >= 4 is 28.4 Å². The molecule has 4 rings (SSSR count). The zero-order valence-corrected chi connectivity index (χ0v) is 14.8. The number of fused-ring (bicyclic) bond motifs is 1. The number of carbonyl (C=O) groups is 1. The monoisotopic (exact) mass is 353 g/mol. The van der Waals surface area contributed by atoms with Gasteiger partial charge >= 0.3 is 0 Å². The summed E-state index contributed by atoms with van der Waals surface area (Å²) >= 11 is 0. The Kier molecular flexibility index (Phi) is 3.71. The Morgan fingerprint density at radius 1 is 1.23 bits per heavy atom. The zero-order chi connectivity index (χ0) is 18.4. The summed E-state index contributed by atoms with van der Waals surface area (Å²) < 4.78 is 1.82. The lowest BCUT2D eigenvalue weighted by Gasteiger charge is -2.39. The Morgan fingerprint density at radius 3 is 2.69 bits per heavy atom. The maximum absolute atomic E-state index is 12.2. The highest BCUT2D eigenvalue weighted by Gasteiger charge is 2.31. The number of H-pyrrole nitrogens is 1. The van der Waals surface area contributed by atoms with E-state index in [4.69, 9.17) is 0 Å². The van der Waals surface area contributed by atoms with Crippen LogP contribution in [0.25, 0.3) is 10.9 Å². The fourth-order valence-corrected chi connectivity index (χ4v) is 3.19. The molecule has 1 aliphatic rings. The number of likely N-dealkylation sites (tertiary alicyclic amines) is 1. The van der Waals surface area contributed by atoms with Crippen molar-refractivity contribution < 1.29 is 4.79 Å². The molecule has 0 bridgehead atoms. The Labute approximate surface area is 149 Å². The highest BCUT2D eigenvalue weighted by atomic mass is 16.2. The predicted molar refractivity (Wildman–Crippen MR) is 96.4 cm³/mol. The number of nitrogens with zero attached hydrogens (tertiary/aromatic N) is 5. The first-order valence-corrected chi connectivity index (χ1v) is 8.36. The van der Waals surface area contributed by atoms with Gasteiger partial charge in [-0.25, -0.2) is 15.0 Å². The van der Waals surface area contributed by atoms with E-state index < -0.39 is 0 Å². The van der Waals surface area contributed by atoms with Crippen molar-refractivity contribution in [1.29, 1.82) is 0 Å². The number of amides is 1. The number of aromatic amines is 1. The van der Waals surface area contributed by atoms with Gasteiger partial charge in [0.15, 0.2) is 0 Å². The number of aryl methyl sites for hydroxylation is 2. The molecule has 0 atom stereocenters. The van der Waals surface area contributed by atoms with E-state index in [2.05, 4.69) is 25.4 Å². The number of hydrogen-bond donors (Lipinski definition) is 2. The molecule has 26 heavy (non-hydrogen) atoms. The lowest BCUT2D eigenvalue weighted by atomic mass is 10.1. The predicted octanol–water partition coefficient (Wildman–Crippen LogP) is 1.28. The van der Waals surface area contributed by atoms with Crippen LogP contribution in [0.4, 0.5) is 11.6 Å². The summed E-state index contributed by atoms with van der Waals surface area (Å²) in [6.07, 6.45) is 1.55. The van der Waals surface area contributed by atoms with E-state index in [0.29, 0.717) is 35.9 Å². The maximum Gasteiger partial charge on any atom is 0.273 e. The molecular formula is C17H19N7O2. The molecule has 0 spiro atoms. The number of rotatable bonds is 3. The molecule has 9 nitrogen and oxygen atoms in total. The lowest BCUT2D eigenvalue weighted by molar-refractivity contribution is -0.134. The molecule has 0 unspecified atom stereocenters. The number of carbonyl (C=O) groups excluding carboxylic acids is 1. The van der Waals surface area contributed by atoms with Gasteiger partial charge in [0.05, 0.1) is 16.9 Å². The number of aromatic nitrogens is 5. The van der Waals surface area contributed by atoms with Crippen LogP contribution in [-0.4, -0.2) is 48.6 Å². The van der Waals surface area contributed by atoms with Crippen molar-refractivity contribution in [3.8, 4) is 0 Å². The average Bonchev–Trinajstić information content (AvgIpc) is 2.81.